The van der Waals surface area contributed by atoms with Gasteiger partial charge in [0.15, 0.2) is 0 Å². The molecule has 1 amide bonds. The average Bonchev–Trinajstić information content (AvgIpc) is 2.53. The lowest BCUT2D eigenvalue weighted by molar-refractivity contribution is 0.0914. The molecule has 1 aliphatic heterocycles. The molecule has 2 heterocycles. The van der Waals surface area contributed by atoms with Crippen molar-refractivity contribution >= 4 is 11.7 Å². The molecule has 0 saturated carbocycles. The van der Waals surface area contributed by atoms with Gasteiger partial charge >= 0.3 is 0 Å². The Bertz CT molecular complexity index is 721. The highest BCUT2D eigenvalue weighted by Crippen LogP contribution is 2.23. The topological polar surface area (TPSA) is 58.1 Å². The molecule has 0 radical (unpaired) electrons. The van der Waals surface area contributed by atoms with Crippen LogP contribution < -0.4 is 10.2 Å². The van der Waals surface area contributed by atoms with E-state index in [2.05, 4.69) is 44.5 Å². The SMILES string of the molecule is CC(C)(C)NC(=O)c1cc(N2CCc3ccccc3C2)ncn1. The second-order valence-electron chi connectivity index (χ2n) is 6.91. The highest BCUT2D eigenvalue weighted by Gasteiger charge is 2.20. The predicted octanol–water partition coefficient (Wildman–Crippen LogP) is 2.57. The Morgan fingerprint density at radius 2 is 1.91 bits per heavy atom. The number of carbonyl (C=O) groups excluding carboxylic acids is 1. The Balaban J connectivity index is 1.80. The van der Waals surface area contributed by atoms with Crippen LogP contribution in [-0.4, -0.2) is 28.0 Å². The fraction of sp³-hybridized carbons (Fsp3) is 0.389. The number of aromatic nitrogens is 2. The van der Waals surface area contributed by atoms with Crippen molar-refractivity contribution in [2.24, 2.45) is 0 Å². The van der Waals surface area contributed by atoms with Crippen molar-refractivity contribution < 1.29 is 4.79 Å². The molecule has 0 aliphatic carbocycles. The number of hydrogen-bond acceptors (Lipinski definition) is 4. The summed E-state index contributed by atoms with van der Waals surface area (Å²) in [7, 11) is 0. The molecule has 0 unspecified atom stereocenters. The van der Waals surface area contributed by atoms with Crippen LogP contribution in [0.1, 0.15) is 42.4 Å². The number of nitrogens with zero attached hydrogens (tertiary/aromatic N) is 3. The van der Waals surface area contributed by atoms with Crippen molar-refractivity contribution in [1.82, 2.24) is 15.3 Å². The fourth-order valence-corrected chi connectivity index (χ4v) is 2.74. The van der Waals surface area contributed by atoms with Crippen LogP contribution in [0.4, 0.5) is 5.82 Å². The van der Waals surface area contributed by atoms with Crippen LogP contribution in [0.15, 0.2) is 36.7 Å². The molecule has 0 saturated heterocycles. The van der Waals surface area contributed by atoms with Gasteiger partial charge in [0, 0.05) is 24.7 Å². The molecule has 1 aliphatic rings. The monoisotopic (exact) mass is 310 g/mol. The normalized spacial score (nSPS) is 14.3. The van der Waals surface area contributed by atoms with Crippen LogP contribution >= 0.6 is 0 Å². The summed E-state index contributed by atoms with van der Waals surface area (Å²) in [6, 6.07) is 10.2. The van der Waals surface area contributed by atoms with Gasteiger partial charge in [-0.1, -0.05) is 24.3 Å². The van der Waals surface area contributed by atoms with Gasteiger partial charge in [0.1, 0.15) is 17.8 Å². The summed E-state index contributed by atoms with van der Waals surface area (Å²) in [6.07, 6.45) is 2.46. The van der Waals surface area contributed by atoms with Crippen LogP contribution in [0, 0.1) is 0 Å². The number of rotatable bonds is 2. The summed E-state index contributed by atoms with van der Waals surface area (Å²) < 4.78 is 0. The van der Waals surface area contributed by atoms with Gasteiger partial charge in [-0.15, -0.1) is 0 Å². The average molecular weight is 310 g/mol. The summed E-state index contributed by atoms with van der Waals surface area (Å²) in [5.74, 6) is 0.632. The highest BCUT2D eigenvalue weighted by molar-refractivity contribution is 5.93. The van der Waals surface area contributed by atoms with Gasteiger partial charge in [0.2, 0.25) is 0 Å². The number of nitrogens with one attached hydrogen (secondary N) is 1. The summed E-state index contributed by atoms with van der Waals surface area (Å²) in [5, 5.41) is 2.93. The van der Waals surface area contributed by atoms with E-state index in [0.29, 0.717) is 5.69 Å². The first-order valence-corrected chi connectivity index (χ1v) is 7.89. The Kier molecular flexibility index (Phi) is 4.03. The van der Waals surface area contributed by atoms with Gasteiger partial charge in [0.05, 0.1) is 0 Å². The molecule has 0 bridgehead atoms. The lowest BCUT2D eigenvalue weighted by atomic mass is 10.00. The standard InChI is InChI=1S/C18H22N4O/c1-18(2,3)21-17(23)15-10-16(20-12-19-15)22-9-8-13-6-4-5-7-14(13)11-22/h4-7,10,12H,8-9,11H2,1-3H3,(H,21,23). The number of benzene rings is 1. The molecule has 120 valence electrons. The minimum atomic E-state index is -0.285. The van der Waals surface area contributed by atoms with Gasteiger partial charge in [-0.25, -0.2) is 9.97 Å². The minimum Gasteiger partial charge on any atom is -0.352 e. The zero-order valence-corrected chi connectivity index (χ0v) is 13.8. The molecule has 1 aromatic heterocycles. The first-order chi connectivity index (χ1) is 10.9. The molecule has 0 spiro atoms. The highest BCUT2D eigenvalue weighted by atomic mass is 16.2. The summed E-state index contributed by atoms with van der Waals surface area (Å²) in [5.41, 5.74) is 2.83. The Labute approximate surface area is 136 Å². The zero-order chi connectivity index (χ0) is 16.4. The van der Waals surface area contributed by atoms with Crippen molar-refractivity contribution in [2.45, 2.75) is 39.3 Å². The molecule has 5 nitrogen and oxygen atoms in total. The Morgan fingerprint density at radius 1 is 1.17 bits per heavy atom. The van der Waals surface area contributed by atoms with E-state index in [1.807, 2.05) is 20.8 Å². The van der Waals surface area contributed by atoms with E-state index < -0.39 is 0 Å². The van der Waals surface area contributed by atoms with E-state index in [0.717, 1.165) is 25.3 Å². The van der Waals surface area contributed by atoms with Crippen LogP contribution in [0.3, 0.4) is 0 Å². The van der Waals surface area contributed by atoms with Crippen molar-refractivity contribution in [3.8, 4) is 0 Å². The number of anilines is 1. The van der Waals surface area contributed by atoms with Gasteiger partial charge in [0.25, 0.3) is 5.91 Å². The maximum Gasteiger partial charge on any atom is 0.270 e. The van der Waals surface area contributed by atoms with E-state index in [1.54, 1.807) is 6.07 Å². The number of fused-ring (bicyclic) bond motifs is 1. The molecular weight excluding hydrogens is 288 g/mol. The predicted molar refractivity (Wildman–Crippen MR) is 90.4 cm³/mol. The third-order valence-electron chi connectivity index (χ3n) is 3.83. The Morgan fingerprint density at radius 3 is 2.65 bits per heavy atom. The van der Waals surface area contributed by atoms with E-state index in [-0.39, 0.29) is 11.4 Å². The van der Waals surface area contributed by atoms with Crippen LogP contribution in [0.5, 0.6) is 0 Å². The summed E-state index contributed by atoms with van der Waals surface area (Å²) in [4.78, 5) is 22.9. The number of carbonyl (C=O) groups is 1. The molecule has 0 atom stereocenters. The van der Waals surface area contributed by atoms with Crippen LogP contribution in [-0.2, 0) is 13.0 Å². The summed E-state index contributed by atoms with van der Waals surface area (Å²) >= 11 is 0. The second kappa shape index (κ2) is 5.99. The van der Waals surface area contributed by atoms with Gasteiger partial charge in [-0.3, -0.25) is 4.79 Å². The molecule has 3 rings (SSSR count). The van der Waals surface area contributed by atoms with Crippen LogP contribution in [0.25, 0.3) is 0 Å². The molecular formula is C18H22N4O. The summed E-state index contributed by atoms with van der Waals surface area (Å²) in [6.45, 7) is 7.57. The number of amides is 1. The molecule has 0 fully saturated rings. The third kappa shape index (κ3) is 3.67. The van der Waals surface area contributed by atoms with Gasteiger partial charge in [-0.05, 0) is 38.3 Å². The van der Waals surface area contributed by atoms with E-state index in [1.165, 1.54) is 17.5 Å². The molecule has 1 aromatic carbocycles. The molecule has 1 N–H and O–H groups in total. The van der Waals surface area contributed by atoms with Crippen molar-refractivity contribution in [2.75, 3.05) is 11.4 Å². The second-order valence-corrected chi connectivity index (χ2v) is 6.91. The van der Waals surface area contributed by atoms with Gasteiger partial charge < -0.3 is 10.2 Å². The Hall–Kier alpha value is -2.43. The largest absolute Gasteiger partial charge is 0.352 e. The van der Waals surface area contributed by atoms with E-state index >= 15 is 0 Å². The smallest absolute Gasteiger partial charge is 0.270 e. The lowest BCUT2D eigenvalue weighted by Gasteiger charge is -2.29. The fourth-order valence-electron chi connectivity index (χ4n) is 2.74. The molecule has 2 aromatic rings. The van der Waals surface area contributed by atoms with Crippen molar-refractivity contribution in [1.29, 1.82) is 0 Å². The maximum atomic E-state index is 12.3. The zero-order valence-electron chi connectivity index (χ0n) is 13.8. The molecule has 5 heteroatoms. The van der Waals surface area contributed by atoms with E-state index in [9.17, 15) is 4.79 Å². The quantitative estimate of drug-likeness (QED) is 0.926. The minimum absolute atomic E-state index is 0.168. The molecule has 23 heavy (non-hydrogen) atoms. The van der Waals surface area contributed by atoms with Crippen molar-refractivity contribution in [3.05, 3.63) is 53.5 Å². The van der Waals surface area contributed by atoms with Crippen LogP contribution in [0.2, 0.25) is 0 Å². The first-order valence-electron chi connectivity index (χ1n) is 7.89. The first kappa shape index (κ1) is 15.5. The third-order valence-corrected chi connectivity index (χ3v) is 3.83. The van der Waals surface area contributed by atoms with Crippen molar-refractivity contribution in [3.63, 3.8) is 0 Å². The van der Waals surface area contributed by atoms with Gasteiger partial charge in [-0.2, -0.15) is 0 Å². The lowest BCUT2D eigenvalue weighted by Crippen LogP contribution is -2.41. The maximum absolute atomic E-state index is 12.3. The van der Waals surface area contributed by atoms with E-state index in [4.69, 9.17) is 0 Å². The number of hydrogen-bond donors (Lipinski definition) is 1.